The van der Waals surface area contributed by atoms with Crippen LogP contribution in [-0.2, 0) is 6.54 Å². The molecule has 0 spiro atoms. The first-order valence-corrected chi connectivity index (χ1v) is 6.78. The molecule has 2 aromatic rings. The van der Waals surface area contributed by atoms with Gasteiger partial charge >= 0.3 is 0 Å². The summed E-state index contributed by atoms with van der Waals surface area (Å²) >= 11 is 1.52. The number of pyridine rings is 1. The number of anilines is 2. The highest BCUT2D eigenvalue weighted by Gasteiger charge is 2.02. The lowest BCUT2D eigenvalue weighted by Gasteiger charge is -2.08. The minimum absolute atomic E-state index is 0.719. The van der Waals surface area contributed by atoms with Gasteiger partial charge in [-0.05, 0) is 24.0 Å². The summed E-state index contributed by atoms with van der Waals surface area (Å²) in [6.07, 6.45) is 5.52. The summed E-state index contributed by atoms with van der Waals surface area (Å²) in [5.74, 6) is 1.63. The molecule has 2 rings (SSSR count). The molecule has 0 amide bonds. The van der Waals surface area contributed by atoms with E-state index in [4.69, 9.17) is 0 Å². The van der Waals surface area contributed by atoms with Crippen molar-refractivity contribution in [3.8, 4) is 0 Å². The van der Waals surface area contributed by atoms with Gasteiger partial charge in [0.05, 0.1) is 0 Å². The summed E-state index contributed by atoms with van der Waals surface area (Å²) < 4.78 is 0. The van der Waals surface area contributed by atoms with Crippen LogP contribution in [0.3, 0.4) is 0 Å². The molecule has 6 heteroatoms. The quantitative estimate of drug-likeness (QED) is 0.636. The molecule has 0 radical (unpaired) electrons. The molecule has 2 aromatic heterocycles. The van der Waals surface area contributed by atoms with Crippen LogP contribution in [0.4, 0.5) is 11.6 Å². The molecule has 5 nitrogen and oxygen atoms in total. The normalized spacial score (nSPS) is 10.1. The van der Waals surface area contributed by atoms with Crippen molar-refractivity contribution in [3.05, 3.63) is 36.2 Å². The monoisotopic (exact) mass is 261 g/mol. The average Bonchev–Trinajstić information content (AvgIpc) is 2.45. The van der Waals surface area contributed by atoms with Gasteiger partial charge in [0, 0.05) is 32.1 Å². The molecule has 0 saturated carbocycles. The van der Waals surface area contributed by atoms with E-state index in [1.54, 1.807) is 12.4 Å². The number of hydrogen-bond donors (Lipinski definition) is 2. The highest BCUT2D eigenvalue weighted by Crippen LogP contribution is 2.17. The number of hydrogen-bond acceptors (Lipinski definition) is 6. The van der Waals surface area contributed by atoms with Crippen LogP contribution in [0, 0.1) is 0 Å². The summed E-state index contributed by atoms with van der Waals surface area (Å²) in [6.45, 7) is 0.719. The van der Waals surface area contributed by atoms with E-state index in [-0.39, 0.29) is 0 Å². The molecule has 0 unspecified atom stereocenters. The maximum absolute atomic E-state index is 4.40. The van der Waals surface area contributed by atoms with Gasteiger partial charge < -0.3 is 10.6 Å². The predicted octanol–water partition coefficient (Wildman–Crippen LogP) is 2.25. The summed E-state index contributed by atoms with van der Waals surface area (Å²) in [4.78, 5) is 12.7. The van der Waals surface area contributed by atoms with Crippen LogP contribution >= 0.6 is 11.8 Å². The molecule has 0 aliphatic carbocycles. The third kappa shape index (κ3) is 3.33. The lowest BCUT2D eigenvalue weighted by Crippen LogP contribution is -2.04. The van der Waals surface area contributed by atoms with Crippen molar-refractivity contribution >= 4 is 23.4 Å². The molecule has 0 atom stereocenters. The van der Waals surface area contributed by atoms with Crippen molar-refractivity contribution in [2.24, 2.45) is 0 Å². The fraction of sp³-hybridized carbons (Fsp3) is 0.250. The zero-order valence-corrected chi connectivity index (χ0v) is 11.2. The Morgan fingerprint density at radius 2 is 1.89 bits per heavy atom. The molecule has 94 valence electrons. The Kier molecular flexibility index (Phi) is 4.35. The second kappa shape index (κ2) is 6.20. The van der Waals surface area contributed by atoms with Crippen molar-refractivity contribution in [2.45, 2.75) is 11.7 Å². The van der Waals surface area contributed by atoms with Gasteiger partial charge in [0.15, 0.2) is 5.16 Å². The van der Waals surface area contributed by atoms with Crippen LogP contribution in [0.5, 0.6) is 0 Å². The van der Waals surface area contributed by atoms with E-state index in [1.165, 1.54) is 17.3 Å². The number of aromatic nitrogens is 3. The molecule has 2 N–H and O–H groups in total. The van der Waals surface area contributed by atoms with Crippen molar-refractivity contribution in [2.75, 3.05) is 23.9 Å². The van der Waals surface area contributed by atoms with Crippen LogP contribution in [-0.4, -0.2) is 28.3 Å². The highest BCUT2D eigenvalue weighted by atomic mass is 32.2. The van der Waals surface area contributed by atoms with Gasteiger partial charge in [0.25, 0.3) is 0 Å². The fourth-order valence-corrected chi connectivity index (χ4v) is 1.81. The van der Waals surface area contributed by atoms with Gasteiger partial charge in [-0.15, -0.1) is 0 Å². The Balaban J connectivity index is 2.09. The van der Waals surface area contributed by atoms with E-state index in [0.717, 1.165) is 23.3 Å². The largest absolute Gasteiger partial charge is 0.373 e. The first-order chi connectivity index (χ1) is 8.81. The minimum atomic E-state index is 0.719. The van der Waals surface area contributed by atoms with Crippen molar-refractivity contribution in [1.29, 1.82) is 0 Å². The smallest absolute Gasteiger partial charge is 0.191 e. The van der Waals surface area contributed by atoms with Crippen molar-refractivity contribution in [3.63, 3.8) is 0 Å². The highest BCUT2D eigenvalue weighted by molar-refractivity contribution is 7.98. The molecular formula is C12H15N5S. The maximum Gasteiger partial charge on any atom is 0.191 e. The fourth-order valence-electron chi connectivity index (χ4n) is 1.43. The number of nitrogens with one attached hydrogen (secondary N) is 2. The SMILES string of the molecule is CNc1cc(NCc2ccncc2)nc(SC)n1. The summed E-state index contributed by atoms with van der Waals surface area (Å²) in [5, 5.41) is 7.05. The molecule has 0 bridgehead atoms. The molecule has 18 heavy (non-hydrogen) atoms. The molecule has 0 aliphatic heterocycles. The first kappa shape index (κ1) is 12.6. The van der Waals surface area contributed by atoms with Gasteiger partial charge in [-0.25, -0.2) is 9.97 Å². The van der Waals surface area contributed by atoms with Crippen LogP contribution < -0.4 is 10.6 Å². The van der Waals surface area contributed by atoms with E-state index in [0.29, 0.717) is 0 Å². The van der Waals surface area contributed by atoms with Gasteiger partial charge in [-0.2, -0.15) is 0 Å². The first-order valence-electron chi connectivity index (χ1n) is 5.55. The number of rotatable bonds is 5. The summed E-state index contributed by atoms with van der Waals surface area (Å²) in [5.41, 5.74) is 1.17. The third-order valence-electron chi connectivity index (χ3n) is 2.37. The van der Waals surface area contributed by atoms with Crippen LogP contribution in [0.1, 0.15) is 5.56 Å². The van der Waals surface area contributed by atoms with Crippen molar-refractivity contribution in [1.82, 2.24) is 15.0 Å². The van der Waals surface area contributed by atoms with E-state index in [1.807, 2.05) is 31.5 Å². The third-order valence-corrected chi connectivity index (χ3v) is 2.92. The second-order valence-corrected chi connectivity index (χ2v) is 4.36. The molecule has 2 heterocycles. The zero-order valence-electron chi connectivity index (χ0n) is 10.3. The molecule has 0 aromatic carbocycles. The van der Waals surface area contributed by atoms with Crippen LogP contribution in [0.15, 0.2) is 35.7 Å². The molecule has 0 saturated heterocycles. The summed E-state index contributed by atoms with van der Waals surface area (Å²) in [6, 6.07) is 5.84. The number of thioether (sulfide) groups is 1. The standard InChI is InChI=1S/C12H15N5S/c1-13-10-7-11(17-12(16-10)18-2)15-8-9-3-5-14-6-4-9/h3-7H,8H2,1-2H3,(H2,13,15,16,17). The topological polar surface area (TPSA) is 62.7 Å². The maximum atomic E-state index is 4.40. The number of nitrogens with zero attached hydrogens (tertiary/aromatic N) is 3. The Hall–Kier alpha value is -1.82. The predicted molar refractivity (Wildman–Crippen MR) is 74.9 cm³/mol. The Labute approximate surface area is 110 Å². The van der Waals surface area contributed by atoms with Gasteiger partial charge in [0.1, 0.15) is 11.6 Å². The van der Waals surface area contributed by atoms with E-state index in [9.17, 15) is 0 Å². The zero-order chi connectivity index (χ0) is 12.8. The minimum Gasteiger partial charge on any atom is -0.373 e. The molecule has 0 fully saturated rings. The Morgan fingerprint density at radius 3 is 2.56 bits per heavy atom. The lowest BCUT2D eigenvalue weighted by atomic mass is 10.3. The molecule has 0 aliphatic rings. The van der Waals surface area contributed by atoms with Crippen LogP contribution in [0.25, 0.3) is 0 Å². The average molecular weight is 261 g/mol. The Bertz CT molecular complexity index is 481. The lowest BCUT2D eigenvalue weighted by molar-refractivity contribution is 0.957. The van der Waals surface area contributed by atoms with E-state index in [2.05, 4.69) is 25.6 Å². The van der Waals surface area contributed by atoms with Gasteiger partial charge in [0.2, 0.25) is 0 Å². The summed E-state index contributed by atoms with van der Waals surface area (Å²) in [7, 11) is 1.85. The molecular weight excluding hydrogens is 246 g/mol. The van der Waals surface area contributed by atoms with E-state index >= 15 is 0 Å². The van der Waals surface area contributed by atoms with Crippen molar-refractivity contribution < 1.29 is 0 Å². The Morgan fingerprint density at radius 1 is 1.17 bits per heavy atom. The van der Waals surface area contributed by atoms with Gasteiger partial charge in [-0.1, -0.05) is 11.8 Å². The van der Waals surface area contributed by atoms with E-state index < -0.39 is 0 Å². The second-order valence-electron chi connectivity index (χ2n) is 3.58. The van der Waals surface area contributed by atoms with Crippen LogP contribution in [0.2, 0.25) is 0 Å². The van der Waals surface area contributed by atoms with Gasteiger partial charge in [-0.3, -0.25) is 4.98 Å².